The summed E-state index contributed by atoms with van der Waals surface area (Å²) >= 11 is 0. The summed E-state index contributed by atoms with van der Waals surface area (Å²) in [7, 11) is 0. The van der Waals surface area contributed by atoms with Crippen molar-refractivity contribution >= 4 is 0 Å². The van der Waals surface area contributed by atoms with E-state index in [1.54, 1.807) is 6.26 Å². The Morgan fingerprint density at radius 3 is 2.73 bits per heavy atom. The van der Waals surface area contributed by atoms with E-state index in [1.165, 1.54) is 11.1 Å². The van der Waals surface area contributed by atoms with E-state index in [0.717, 1.165) is 13.0 Å². The molecule has 62 valence electrons. The summed E-state index contributed by atoms with van der Waals surface area (Å²) in [6.07, 6.45) is 4.61. The third kappa shape index (κ3) is 2.09. The Morgan fingerprint density at radius 1 is 1.55 bits per heavy atom. The summed E-state index contributed by atoms with van der Waals surface area (Å²) in [5.74, 6) is 0.547. The lowest BCUT2D eigenvalue weighted by atomic mass is 10.0. The van der Waals surface area contributed by atoms with Crippen molar-refractivity contribution in [1.29, 1.82) is 0 Å². The van der Waals surface area contributed by atoms with Crippen LogP contribution in [0.4, 0.5) is 0 Å². The normalized spacial score (nSPS) is 13.4. The summed E-state index contributed by atoms with van der Waals surface area (Å²) in [4.78, 5) is 0. The van der Waals surface area contributed by atoms with Crippen LogP contribution >= 0.6 is 0 Å². The first kappa shape index (κ1) is 8.34. The average Bonchev–Trinajstić information content (AvgIpc) is 2.37. The van der Waals surface area contributed by atoms with E-state index in [2.05, 4.69) is 13.8 Å². The van der Waals surface area contributed by atoms with Gasteiger partial charge in [-0.25, -0.2) is 0 Å². The topological polar surface area (TPSA) is 39.2 Å². The van der Waals surface area contributed by atoms with Crippen molar-refractivity contribution in [3.63, 3.8) is 0 Å². The van der Waals surface area contributed by atoms with Crippen LogP contribution in [0, 0.1) is 12.8 Å². The molecule has 0 amide bonds. The van der Waals surface area contributed by atoms with Crippen molar-refractivity contribution in [2.24, 2.45) is 11.7 Å². The molecule has 0 aliphatic heterocycles. The summed E-state index contributed by atoms with van der Waals surface area (Å²) in [6, 6.07) is 0. The maximum atomic E-state index is 5.51. The van der Waals surface area contributed by atoms with Crippen molar-refractivity contribution in [2.75, 3.05) is 6.54 Å². The molecule has 1 aromatic heterocycles. The van der Waals surface area contributed by atoms with Gasteiger partial charge in [-0.05, 0) is 36.9 Å². The Balaban J connectivity index is 2.56. The van der Waals surface area contributed by atoms with Crippen LogP contribution in [0.5, 0.6) is 0 Å². The third-order valence-electron chi connectivity index (χ3n) is 1.93. The Hall–Kier alpha value is -0.760. The van der Waals surface area contributed by atoms with Crippen molar-refractivity contribution in [3.05, 3.63) is 23.7 Å². The second-order valence-corrected chi connectivity index (χ2v) is 3.13. The van der Waals surface area contributed by atoms with Crippen LogP contribution < -0.4 is 5.73 Å². The molecule has 0 aliphatic rings. The van der Waals surface area contributed by atoms with Crippen molar-refractivity contribution < 1.29 is 4.42 Å². The van der Waals surface area contributed by atoms with Crippen molar-refractivity contribution in [2.45, 2.75) is 20.3 Å². The van der Waals surface area contributed by atoms with Gasteiger partial charge in [0.1, 0.15) is 0 Å². The van der Waals surface area contributed by atoms with E-state index in [9.17, 15) is 0 Å². The summed E-state index contributed by atoms with van der Waals surface area (Å²) < 4.78 is 5.05. The van der Waals surface area contributed by atoms with E-state index in [0.29, 0.717) is 5.92 Å². The predicted molar refractivity (Wildman–Crippen MR) is 45.4 cm³/mol. The molecule has 0 aliphatic carbocycles. The molecule has 2 nitrogen and oxygen atoms in total. The Labute approximate surface area is 67.4 Å². The predicted octanol–water partition coefficient (Wildman–Crippen LogP) is 1.73. The summed E-state index contributed by atoms with van der Waals surface area (Å²) in [5.41, 5.74) is 8.02. The van der Waals surface area contributed by atoms with Gasteiger partial charge in [-0.2, -0.15) is 0 Å². The van der Waals surface area contributed by atoms with Gasteiger partial charge in [-0.15, -0.1) is 0 Å². The SMILES string of the molecule is Cc1cocc1CC(C)CN. The zero-order chi connectivity index (χ0) is 8.27. The highest BCUT2D eigenvalue weighted by atomic mass is 16.3. The number of aryl methyl sites for hydroxylation is 1. The number of hydrogen-bond donors (Lipinski definition) is 1. The minimum absolute atomic E-state index is 0.547. The zero-order valence-electron chi connectivity index (χ0n) is 7.13. The fraction of sp³-hybridized carbons (Fsp3) is 0.556. The molecule has 0 saturated heterocycles. The van der Waals surface area contributed by atoms with Crippen molar-refractivity contribution in [1.82, 2.24) is 0 Å². The fourth-order valence-electron chi connectivity index (χ4n) is 1.05. The number of furan rings is 1. The third-order valence-corrected chi connectivity index (χ3v) is 1.93. The molecule has 1 rings (SSSR count). The largest absolute Gasteiger partial charge is 0.472 e. The van der Waals surface area contributed by atoms with Crippen LogP contribution in [0.15, 0.2) is 16.9 Å². The quantitative estimate of drug-likeness (QED) is 0.718. The lowest BCUT2D eigenvalue weighted by Crippen LogP contribution is -2.13. The average molecular weight is 153 g/mol. The van der Waals surface area contributed by atoms with Crippen molar-refractivity contribution in [3.8, 4) is 0 Å². The lowest BCUT2D eigenvalue weighted by molar-refractivity contribution is 0.550. The van der Waals surface area contributed by atoms with Crippen LogP contribution in [0.3, 0.4) is 0 Å². The van der Waals surface area contributed by atoms with E-state index >= 15 is 0 Å². The molecular formula is C9H15NO. The highest BCUT2D eigenvalue weighted by Gasteiger charge is 2.04. The molecule has 1 unspecified atom stereocenters. The van der Waals surface area contributed by atoms with E-state index < -0.39 is 0 Å². The van der Waals surface area contributed by atoms with E-state index in [4.69, 9.17) is 10.2 Å². The summed E-state index contributed by atoms with van der Waals surface area (Å²) in [5, 5.41) is 0. The molecule has 0 fully saturated rings. The molecule has 0 aromatic carbocycles. The van der Waals surface area contributed by atoms with Crippen LogP contribution in [-0.2, 0) is 6.42 Å². The number of hydrogen-bond acceptors (Lipinski definition) is 2. The summed E-state index contributed by atoms with van der Waals surface area (Å²) in [6.45, 7) is 4.94. The molecular weight excluding hydrogens is 138 g/mol. The first-order valence-corrected chi connectivity index (χ1v) is 3.95. The standard InChI is InChI=1S/C9H15NO/c1-7(4-10)3-9-6-11-5-8(9)2/h5-7H,3-4,10H2,1-2H3. The Morgan fingerprint density at radius 2 is 2.27 bits per heavy atom. The van der Waals surface area contributed by atoms with Crippen LogP contribution in [0.25, 0.3) is 0 Å². The van der Waals surface area contributed by atoms with Gasteiger partial charge in [0.05, 0.1) is 12.5 Å². The van der Waals surface area contributed by atoms with E-state index in [-0.39, 0.29) is 0 Å². The Kier molecular flexibility index (Phi) is 2.71. The second-order valence-electron chi connectivity index (χ2n) is 3.13. The molecule has 0 radical (unpaired) electrons. The van der Waals surface area contributed by atoms with Gasteiger partial charge in [0.15, 0.2) is 0 Å². The second kappa shape index (κ2) is 3.58. The minimum atomic E-state index is 0.547. The lowest BCUT2D eigenvalue weighted by Gasteiger charge is -2.05. The molecule has 1 heterocycles. The number of rotatable bonds is 3. The van der Waals surface area contributed by atoms with Gasteiger partial charge in [-0.1, -0.05) is 6.92 Å². The van der Waals surface area contributed by atoms with Gasteiger partial charge < -0.3 is 10.2 Å². The van der Waals surface area contributed by atoms with E-state index in [1.807, 2.05) is 6.26 Å². The van der Waals surface area contributed by atoms with Gasteiger partial charge in [-0.3, -0.25) is 0 Å². The molecule has 0 spiro atoms. The molecule has 0 saturated carbocycles. The molecule has 1 atom stereocenters. The first-order valence-electron chi connectivity index (χ1n) is 3.95. The van der Waals surface area contributed by atoms with Gasteiger partial charge in [0, 0.05) is 0 Å². The maximum absolute atomic E-state index is 5.51. The molecule has 0 bridgehead atoms. The van der Waals surface area contributed by atoms with Crippen LogP contribution in [0.2, 0.25) is 0 Å². The molecule has 1 aromatic rings. The molecule has 2 N–H and O–H groups in total. The monoisotopic (exact) mass is 153 g/mol. The zero-order valence-corrected chi connectivity index (χ0v) is 7.13. The van der Waals surface area contributed by atoms with Gasteiger partial charge >= 0.3 is 0 Å². The van der Waals surface area contributed by atoms with Crippen LogP contribution in [-0.4, -0.2) is 6.54 Å². The Bertz CT molecular complexity index is 217. The highest BCUT2D eigenvalue weighted by molar-refractivity contribution is 5.19. The minimum Gasteiger partial charge on any atom is -0.472 e. The number of nitrogens with two attached hydrogens (primary N) is 1. The highest BCUT2D eigenvalue weighted by Crippen LogP contribution is 2.13. The van der Waals surface area contributed by atoms with Gasteiger partial charge in [0.2, 0.25) is 0 Å². The smallest absolute Gasteiger partial charge is 0.0937 e. The molecule has 2 heteroatoms. The molecule has 11 heavy (non-hydrogen) atoms. The van der Waals surface area contributed by atoms with Gasteiger partial charge in [0.25, 0.3) is 0 Å². The van der Waals surface area contributed by atoms with Crippen LogP contribution in [0.1, 0.15) is 18.1 Å². The fourth-order valence-corrected chi connectivity index (χ4v) is 1.05. The first-order chi connectivity index (χ1) is 5.24. The maximum Gasteiger partial charge on any atom is 0.0937 e.